The van der Waals surface area contributed by atoms with Gasteiger partial charge in [-0.05, 0) is 30.5 Å². The fourth-order valence-corrected chi connectivity index (χ4v) is 3.99. The van der Waals surface area contributed by atoms with E-state index in [1.165, 1.54) is 11.3 Å². The number of nitrogens with zero attached hydrogens (tertiary/aromatic N) is 3. The number of benzene rings is 1. The molecular formula is C19H20N4O2S. The highest BCUT2D eigenvalue weighted by molar-refractivity contribution is 7.08. The third-order valence-corrected chi connectivity index (χ3v) is 5.63. The second-order valence-electron chi connectivity index (χ2n) is 6.48. The maximum atomic E-state index is 12.5. The van der Waals surface area contributed by atoms with Crippen molar-refractivity contribution in [3.05, 3.63) is 62.8 Å². The van der Waals surface area contributed by atoms with Crippen molar-refractivity contribution in [3.63, 3.8) is 0 Å². The highest BCUT2D eigenvalue weighted by Gasteiger charge is 2.26. The molecule has 3 aromatic rings. The summed E-state index contributed by atoms with van der Waals surface area (Å²) >= 11 is 1.54. The number of H-pyrrole nitrogens is 1. The van der Waals surface area contributed by atoms with E-state index in [0.29, 0.717) is 29.8 Å². The number of nitrogens with one attached hydrogen (secondary N) is 1. The quantitative estimate of drug-likeness (QED) is 0.771. The average molecular weight is 368 g/mol. The lowest BCUT2D eigenvalue weighted by molar-refractivity contribution is 0.0576. The zero-order valence-electron chi connectivity index (χ0n) is 14.5. The molecule has 1 fully saturated rings. The molecule has 0 aliphatic carbocycles. The largest absolute Gasteiger partial charge is 0.336 e. The Balaban J connectivity index is 1.48. The Morgan fingerprint density at radius 1 is 1.19 bits per heavy atom. The third kappa shape index (κ3) is 3.15. The maximum Gasteiger partial charge on any atom is 0.258 e. The molecule has 1 atom stereocenters. The highest BCUT2D eigenvalue weighted by Crippen LogP contribution is 2.20. The zero-order valence-corrected chi connectivity index (χ0v) is 15.3. The maximum absolute atomic E-state index is 12.5. The van der Waals surface area contributed by atoms with Gasteiger partial charge in [0.2, 0.25) is 0 Å². The smallest absolute Gasteiger partial charge is 0.258 e. The van der Waals surface area contributed by atoms with Gasteiger partial charge in [-0.1, -0.05) is 12.1 Å². The minimum absolute atomic E-state index is 0.00861. The molecule has 2 aromatic heterocycles. The Morgan fingerprint density at radius 2 is 1.96 bits per heavy atom. The summed E-state index contributed by atoms with van der Waals surface area (Å²) in [6.45, 7) is 4.91. The van der Waals surface area contributed by atoms with E-state index in [4.69, 9.17) is 0 Å². The van der Waals surface area contributed by atoms with Gasteiger partial charge in [0.1, 0.15) is 5.82 Å². The van der Waals surface area contributed by atoms with Crippen molar-refractivity contribution in [3.8, 4) is 0 Å². The Kier molecular flexibility index (Phi) is 4.57. The molecule has 0 spiro atoms. The molecule has 4 rings (SSSR count). The van der Waals surface area contributed by atoms with Gasteiger partial charge in [-0.2, -0.15) is 11.3 Å². The number of carbonyl (C=O) groups is 1. The van der Waals surface area contributed by atoms with E-state index in [-0.39, 0.29) is 17.5 Å². The topological polar surface area (TPSA) is 69.3 Å². The van der Waals surface area contributed by atoms with Gasteiger partial charge in [-0.15, -0.1) is 0 Å². The van der Waals surface area contributed by atoms with Crippen molar-refractivity contribution < 1.29 is 4.79 Å². The standard InChI is InChI=1S/C19H20N4O2S/c1-13(17-20-16-5-3-2-4-15(16)18(24)21-17)22-7-9-23(10-8-22)19(25)14-6-11-26-12-14/h2-6,11-13H,7-10H2,1H3,(H,20,21,24). The first-order valence-electron chi connectivity index (χ1n) is 8.68. The van der Waals surface area contributed by atoms with Crippen molar-refractivity contribution >= 4 is 28.1 Å². The number of hydrogen-bond acceptors (Lipinski definition) is 5. The van der Waals surface area contributed by atoms with Crippen molar-refractivity contribution in [1.82, 2.24) is 19.8 Å². The van der Waals surface area contributed by atoms with Crippen LogP contribution >= 0.6 is 11.3 Å². The van der Waals surface area contributed by atoms with Crippen LogP contribution in [-0.4, -0.2) is 51.9 Å². The average Bonchev–Trinajstić information content (AvgIpc) is 3.22. The second-order valence-corrected chi connectivity index (χ2v) is 7.26. The summed E-state index contributed by atoms with van der Waals surface area (Å²) in [7, 11) is 0. The van der Waals surface area contributed by atoms with Crippen molar-refractivity contribution in [2.45, 2.75) is 13.0 Å². The summed E-state index contributed by atoms with van der Waals surface area (Å²) in [6.07, 6.45) is 0. The van der Waals surface area contributed by atoms with E-state index in [0.717, 1.165) is 18.7 Å². The van der Waals surface area contributed by atoms with Crippen LogP contribution in [0.15, 0.2) is 45.9 Å². The second kappa shape index (κ2) is 7.01. The minimum Gasteiger partial charge on any atom is -0.336 e. The van der Waals surface area contributed by atoms with Gasteiger partial charge >= 0.3 is 0 Å². The van der Waals surface area contributed by atoms with E-state index in [2.05, 4.69) is 14.9 Å². The molecule has 0 radical (unpaired) electrons. The molecule has 1 saturated heterocycles. The molecule has 1 unspecified atom stereocenters. The molecule has 1 aliphatic heterocycles. The van der Waals surface area contributed by atoms with Crippen molar-refractivity contribution in [2.75, 3.05) is 26.2 Å². The third-order valence-electron chi connectivity index (χ3n) is 4.94. The van der Waals surface area contributed by atoms with Crippen molar-refractivity contribution in [2.24, 2.45) is 0 Å². The fourth-order valence-electron chi connectivity index (χ4n) is 3.36. The number of thiophene rings is 1. The minimum atomic E-state index is -0.108. The lowest BCUT2D eigenvalue weighted by Gasteiger charge is -2.37. The van der Waals surface area contributed by atoms with Crippen LogP contribution in [0, 0.1) is 0 Å². The normalized spacial score (nSPS) is 16.7. The molecule has 3 heterocycles. The lowest BCUT2D eigenvalue weighted by Crippen LogP contribution is -2.49. The van der Waals surface area contributed by atoms with Gasteiger partial charge in [0.25, 0.3) is 11.5 Å². The van der Waals surface area contributed by atoms with Gasteiger partial charge in [-0.25, -0.2) is 4.98 Å². The van der Waals surface area contributed by atoms with Crippen LogP contribution in [0.5, 0.6) is 0 Å². The molecule has 7 heteroatoms. The summed E-state index contributed by atoms with van der Waals surface area (Å²) in [4.78, 5) is 36.4. The summed E-state index contributed by atoms with van der Waals surface area (Å²) in [5, 5.41) is 4.42. The van der Waals surface area contributed by atoms with Gasteiger partial charge in [0.15, 0.2) is 0 Å². The first-order valence-corrected chi connectivity index (χ1v) is 9.62. The molecule has 134 valence electrons. The number of aromatic amines is 1. The lowest BCUT2D eigenvalue weighted by atomic mass is 10.2. The predicted molar refractivity (Wildman–Crippen MR) is 103 cm³/mol. The molecule has 6 nitrogen and oxygen atoms in total. The van der Waals surface area contributed by atoms with Crippen LogP contribution < -0.4 is 5.56 Å². The van der Waals surface area contributed by atoms with Crippen LogP contribution in [0.2, 0.25) is 0 Å². The van der Waals surface area contributed by atoms with Crippen molar-refractivity contribution in [1.29, 1.82) is 0 Å². The Labute approximate surface area is 155 Å². The molecule has 1 amide bonds. The molecule has 26 heavy (non-hydrogen) atoms. The van der Waals surface area contributed by atoms with Crippen LogP contribution in [0.1, 0.15) is 29.1 Å². The fraction of sp³-hybridized carbons (Fsp3) is 0.316. The first kappa shape index (κ1) is 16.9. The van der Waals surface area contributed by atoms with Crippen LogP contribution in [0.25, 0.3) is 10.9 Å². The Hall–Kier alpha value is -2.51. The summed E-state index contributed by atoms with van der Waals surface area (Å²) < 4.78 is 0. The van der Waals surface area contributed by atoms with E-state index < -0.39 is 0 Å². The molecular weight excluding hydrogens is 348 g/mol. The monoisotopic (exact) mass is 368 g/mol. The number of fused-ring (bicyclic) bond motifs is 1. The highest BCUT2D eigenvalue weighted by atomic mass is 32.1. The van der Waals surface area contributed by atoms with Gasteiger partial charge in [-0.3, -0.25) is 14.5 Å². The number of hydrogen-bond donors (Lipinski definition) is 1. The zero-order chi connectivity index (χ0) is 18.1. The molecule has 1 aliphatic rings. The number of piperazine rings is 1. The number of aromatic nitrogens is 2. The van der Waals surface area contributed by atoms with E-state index in [1.807, 2.05) is 46.8 Å². The number of rotatable bonds is 3. The van der Waals surface area contributed by atoms with Gasteiger partial charge in [0.05, 0.1) is 22.5 Å². The Morgan fingerprint density at radius 3 is 2.69 bits per heavy atom. The van der Waals surface area contributed by atoms with Gasteiger partial charge < -0.3 is 9.88 Å². The van der Waals surface area contributed by atoms with E-state index >= 15 is 0 Å². The van der Waals surface area contributed by atoms with E-state index in [1.54, 1.807) is 6.07 Å². The number of amides is 1. The first-order chi connectivity index (χ1) is 12.6. The molecule has 0 bridgehead atoms. The number of carbonyl (C=O) groups excluding carboxylic acids is 1. The van der Waals surface area contributed by atoms with Gasteiger partial charge in [0, 0.05) is 31.6 Å². The summed E-state index contributed by atoms with van der Waals surface area (Å²) in [6, 6.07) is 9.23. The summed E-state index contributed by atoms with van der Waals surface area (Å²) in [5.41, 5.74) is 1.37. The van der Waals surface area contributed by atoms with Crippen LogP contribution in [0.4, 0.5) is 0 Å². The van der Waals surface area contributed by atoms with Crippen LogP contribution in [-0.2, 0) is 0 Å². The molecule has 0 saturated carbocycles. The molecule has 1 aromatic carbocycles. The predicted octanol–water partition coefficient (Wildman–Crippen LogP) is 2.50. The summed E-state index contributed by atoms with van der Waals surface area (Å²) in [5.74, 6) is 0.766. The van der Waals surface area contributed by atoms with E-state index in [9.17, 15) is 9.59 Å². The SMILES string of the molecule is CC(c1nc2ccccc2c(=O)[nH]1)N1CCN(C(=O)c2ccsc2)CC1. The van der Waals surface area contributed by atoms with Crippen LogP contribution in [0.3, 0.4) is 0 Å². The number of para-hydroxylation sites is 1. The molecule has 1 N–H and O–H groups in total. The Bertz CT molecular complexity index is 975.